The Labute approximate surface area is 93.2 Å². The summed E-state index contributed by atoms with van der Waals surface area (Å²) in [6.07, 6.45) is 0. The third kappa shape index (κ3) is 1.88. The second-order valence-electron chi connectivity index (χ2n) is 2.81. The predicted molar refractivity (Wildman–Crippen MR) is 54.7 cm³/mol. The Hall–Kier alpha value is -1.34. The third-order valence-corrected chi connectivity index (χ3v) is 2.35. The second kappa shape index (κ2) is 4.03. The summed E-state index contributed by atoms with van der Waals surface area (Å²) < 4.78 is 15.5. The highest BCUT2D eigenvalue weighted by Gasteiger charge is 2.10. The molecule has 0 atom stereocenters. The van der Waals surface area contributed by atoms with Gasteiger partial charge < -0.3 is 5.73 Å². The Bertz CT molecular complexity index is 484. The first-order valence-corrected chi connectivity index (χ1v) is 4.94. The van der Waals surface area contributed by atoms with Gasteiger partial charge in [0, 0.05) is 4.47 Å². The van der Waals surface area contributed by atoms with Gasteiger partial charge in [0.2, 0.25) is 0 Å². The molecule has 1 heterocycles. The van der Waals surface area contributed by atoms with Crippen molar-refractivity contribution in [3.05, 3.63) is 34.3 Å². The summed E-state index contributed by atoms with van der Waals surface area (Å²) >= 11 is 3.17. The Morgan fingerprint density at radius 1 is 1.47 bits per heavy atom. The Balaban J connectivity index is 2.54. The number of halogens is 2. The minimum atomic E-state index is -0.411. The number of nitrogens with two attached hydrogens (primary N) is 1. The monoisotopic (exact) mass is 271 g/mol. The average Bonchev–Trinajstić information content (AvgIpc) is 2.65. The van der Waals surface area contributed by atoms with Gasteiger partial charge in [-0.1, -0.05) is 15.9 Å². The summed E-state index contributed by atoms with van der Waals surface area (Å²) in [7, 11) is 0. The van der Waals surface area contributed by atoms with Crippen LogP contribution in [0.15, 0.2) is 22.7 Å². The quantitative estimate of drug-likeness (QED) is 0.886. The Morgan fingerprint density at radius 3 is 2.93 bits per heavy atom. The molecule has 5 nitrogen and oxygen atoms in total. The topological polar surface area (TPSA) is 69.6 Å². The fraction of sp³-hybridized carbons (Fsp3) is 0.125. The summed E-state index contributed by atoms with van der Waals surface area (Å²) in [5, 5.41) is 10.8. The SMILES string of the molecule is NCc1nnnn1-c1ccc(Br)cc1F. The first kappa shape index (κ1) is 10.2. The standard InChI is InChI=1S/C8H7BrFN5/c9-5-1-2-7(6(10)3-5)15-8(4-11)12-13-14-15/h1-3H,4,11H2. The molecule has 7 heteroatoms. The van der Waals surface area contributed by atoms with Gasteiger partial charge in [0.05, 0.1) is 6.54 Å². The van der Waals surface area contributed by atoms with Crippen molar-refractivity contribution < 1.29 is 4.39 Å². The summed E-state index contributed by atoms with van der Waals surface area (Å²) in [5.74, 6) is 0.00241. The lowest BCUT2D eigenvalue weighted by Crippen LogP contribution is -2.09. The molecule has 0 saturated carbocycles. The zero-order valence-electron chi connectivity index (χ0n) is 7.56. The molecule has 0 amide bonds. The van der Waals surface area contributed by atoms with Crippen LogP contribution in [-0.2, 0) is 6.54 Å². The van der Waals surface area contributed by atoms with Gasteiger partial charge in [-0.15, -0.1) is 5.10 Å². The zero-order chi connectivity index (χ0) is 10.8. The van der Waals surface area contributed by atoms with Crippen molar-refractivity contribution in [1.29, 1.82) is 0 Å². The van der Waals surface area contributed by atoms with Crippen molar-refractivity contribution in [1.82, 2.24) is 20.2 Å². The van der Waals surface area contributed by atoms with Gasteiger partial charge >= 0.3 is 0 Å². The maximum atomic E-state index is 13.5. The van der Waals surface area contributed by atoms with Crippen molar-refractivity contribution >= 4 is 15.9 Å². The van der Waals surface area contributed by atoms with E-state index in [1.54, 1.807) is 12.1 Å². The van der Waals surface area contributed by atoms with Crippen LogP contribution in [0.1, 0.15) is 5.82 Å². The Kier molecular flexibility index (Phi) is 2.74. The predicted octanol–water partition coefficient (Wildman–Crippen LogP) is 1.02. The van der Waals surface area contributed by atoms with Crippen molar-refractivity contribution in [3.8, 4) is 5.69 Å². The average molecular weight is 272 g/mol. The van der Waals surface area contributed by atoms with Crippen molar-refractivity contribution in [3.63, 3.8) is 0 Å². The zero-order valence-corrected chi connectivity index (χ0v) is 9.15. The van der Waals surface area contributed by atoms with Crippen LogP contribution in [0.25, 0.3) is 5.69 Å². The highest BCUT2D eigenvalue weighted by Crippen LogP contribution is 2.18. The minimum absolute atomic E-state index is 0.155. The van der Waals surface area contributed by atoms with Crippen LogP contribution < -0.4 is 5.73 Å². The number of hydrogen-bond acceptors (Lipinski definition) is 4. The maximum Gasteiger partial charge on any atom is 0.170 e. The highest BCUT2D eigenvalue weighted by atomic mass is 79.9. The molecule has 0 aliphatic rings. The minimum Gasteiger partial charge on any atom is -0.324 e. The van der Waals surface area contributed by atoms with E-state index in [0.29, 0.717) is 10.3 Å². The van der Waals surface area contributed by atoms with Gasteiger partial charge in [-0.2, -0.15) is 4.68 Å². The lowest BCUT2D eigenvalue weighted by molar-refractivity contribution is 0.601. The van der Waals surface area contributed by atoms with E-state index in [9.17, 15) is 4.39 Å². The number of rotatable bonds is 2. The number of benzene rings is 1. The molecule has 0 fully saturated rings. The van der Waals surface area contributed by atoms with E-state index in [4.69, 9.17) is 5.73 Å². The Morgan fingerprint density at radius 2 is 2.27 bits per heavy atom. The molecule has 2 rings (SSSR count). The van der Waals surface area contributed by atoms with E-state index in [1.165, 1.54) is 10.7 Å². The van der Waals surface area contributed by atoms with E-state index < -0.39 is 5.82 Å². The molecule has 0 bridgehead atoms. The summed E-state index contributed by atoms with van der Waals surface area (Å²) in [5.41, 5.74) is 5.70. The first-order valence-electron chi connectivity index (χ1n) is 4.15. The third-order valence-electron chi connectivity index (χ3n) is 1.85. The fourth-order valence-electron chi connectivity index (χ4n) is 1.17. The van der Waals surface area contributed by atoms with Crippen LogP contribution in [0.4, 0.5) is 4.39 Å². The van der Waals surface area contributed by atoms with Gasteiger partial charge in [-0.3, -0.25) is 0 Å². The van der Waals surface area contributed by atoms with Crippen molar-refractivity contribution in [2.75, 3.05) is 0 Å². The number of tetrazole rings is 1. The molecule has 0 unspecified atom stereocenters. The van der Waals surface area contributed by atoms with Crippen molar-refractivity contribution in [2.45, 2.75) is 6.54 Å². The smallest absolute Gasteiger partial charge is 0.170 e. The lowest BCUT2D eigenvalue weighted by Gasteiger charge is -2.04. The normalized spacial score (nSPS) is 10.6. The van der Waals surface area contributed by atoms with Crippen LogP contribution in [-0.4, -0.2) is 20.2 Å². The fourth-order valence-corrected chi connectivity index (χ4v) is 1.51. The number of nitrogens with zero attached hydrogens (tertiary/aromatic N) is 4. The molecular formula is C8H7BrFN5. The molecule has 1 aromatic heterocycles. The lowest BCUT2D eigenvalue weighted by atomic mass is 10.3. The number of hydrogen-bond donors (Lipinski definition) is 1. The molecule has 0 spiro atoms. The molecule has 1 aromatic carbocycles. The largest absolute Gasteiger partial charge is 0.324 e. The molecule has 2 N–H and O–H groups in total. The molecule has 15 heavy (non-hydrogen) atoms. The van der Waals surface area contributed by atoms with Crippen LogP contribution in [0.2, 0.25) is 0 Å². The van der Waals surface area contributed by atoms with Gasteiger partial charge in [0.25, 0.3) is 0 Å². The molecule has 0 saturated heterocycles. The van der Waals surface area contributed by atoms with Crippen LogP contribution in [0.3, 0.4) is 0 Å². The van der Waals surface area contributed by atoms with E-state index in [2.05, 4.69) is 31.5 Å². The van der Waals surface area contributed by atoms with Gasteiger partial charge in [0.1, 0.15) is 11.5 Å². The van der Waals surface area contributed by atoms with Crippen LogP contribution in [0, 0.1) is 5.82 Å². The molecule has 78 valence electrons. The summed E-state index contributed by atoms with van der Waals surface area (Å²) in [6.45, 7) is 0.155. The van der Waals surface area contributed by atoms with Crippen LogP contribution in [0.5, 0.6) is 0 Å². The molecular weight excluding hydrogens is 265 g/mol. The molecule has 0 aliphatic carbocycles. The summed E-state index contributed by atoms with van der Waals surface area (Å²) in [4.78, 5) is 0. The van der Waals surface area contributed by atoms with Crippen LogP contribution >= 0.6 is 15.9 Å². The number of aromatic nitrogens is 4. The maximum absolute atomic E-state index is 13.5. The van der Waals surface area contributed by atoms with E-state index in [-0.39, 0.29) is 12.2 Å². The van der Waals surface area contributed by atoms with Crippen molar-refractivity contribution in [2.24, 2.45) is 5.73 Å². The molecule has 0 radical (unpaired) electrons. The van der Waals surface area contributed by atoms with E-state index >= 15 is 0 Å². The second-order valence-corrected chi connectivity index (χ2v) is 3.72. The van der Waals surface area contributed by atoms with Gasteiger partial charge in [-0.05, 0) is 28.6 Å². The van der Waals surface area contributed by atoms with Gasteiger partial charge in [0.15, 0.2) is 5.82 Å². The molecule has 0 aliphatic heterocycles. The van der Waals surface area contributed by atoms with E-state index in [1.807, 2.05) is 0 Å². The molecule has 2 aromatic rings. The highest BCUT2D eigenvalue weighted by molar-refractivity contribution is 9.10. The van der Waals surface area contributed by atoms with E-state index in [0.717, 1.165) is 0 Å². The first-order chi connectivity index (χ1) is 7.22. The van der Waals surface area contributed by atoms with Gasteiger partial charge in [-0.25, -0.2) is 4.39 Å². The summed E-state index contributed by atoms with van der Waals surface area (Å²) in [6, 6.07) is 4.63.